The smallest absolute Gasteiger partial charge is 0.326 e. The lowest BCUT2D eigenvalue weighted by Crippen LogP contribution is -2.57. The summed E-state index contributed by atoms with van der Waals surface area (Å²) in [6.45, 7) is -0.308. The zero-order valence-electron chi connectivity index (χ0n) is 20.3. The average molecular weight is 533 g/mol. The number of carbonyl (C=O) groups is 4. The van der Waals surface area contributed by atoms with Gasteiger partial charge in [0, 0.05) is 12.8 Å². The molecule has 0 saturated carbocycles. The van der Waals surface area contributed by atoms with Gasteiger partial charge < -0.3 is 37.0 Å². The normalized spacial score (nSPS) is 13.1. The highest BCUT2D eigenvalue weighted by Crippen LogP contribution is 2.14. The number of aliphatic carboxylic acids is 1. The molecule has 2 aromatic carbocycles. The largest absolute Gasteiger partial charge is 0.508 e. The molecule has 0 heterocycles. The first-order chi connectivity index (χ1) is 17.6. The molecule has 0 aliphatic rings. The fourth-order valence-electron chi connectivity index (χ4n) is 3.45. The van der Waals surface area contributed by atoms with Crippen LogP contribution in [0.15, 0.2) is 48.5 Å². The fourth-order valence-corrected chi connectivity index (χ4v) is 3.92. The first-order valence-electron chi connectivity index (χ1n) is 11.5. The predicted molar refractivity (Wildman–Crippen MR) is 139 cm³/mol. The molecular formula is C25H32N4O7S. The van der Waals surface area contributed by atoms with Crippen molar-refractivity contribution in [2.45, 2.75) is 37.4 Å². The van der Waals surface area contributed by atoms with Gasteiger partial charge in [0.25, 0.3) is 0 Å². The number of carbonyl (C=O) groups excluding carboxylic acids is 3. The SMILES string of the molecule is CSCCC(NC(=O)CN)C(=O)NC(Cc1ccc(O)cc1)C(=O)NC(Cc1ccc(O)cc1)C(=O)O. The number of rotatable bonds is 14. The van der Waals surface area contributed by atoms with Crippen LogP contribution in [0.5, 0.6) is 11.5 Å². The second-order valence-corrected chi connectivity index (χ2v) is 9.29. The second kappa shape index (κ2) is 14.7. The molecule has 3 amide bonds. The lowest BCUT2D eigenvalue weighted by Gasteiger charge is -2.24. The van der Waals surface area contributed by atoms with Crippen molar-refractivity contribution < 1.29 is 34.5 Å². The number of phenols is 2. The Labute approximate surface area is 218 Å². The van der Waals surface area contributed by atoms with E-state index in [4.69, 9.17) is 5.73 Å². The number of amides is 3. The highest BCUT2D eigenvalue weighted by atomic mass is 32.2. The van der Waals surface area contributed by atoms with Crippen LogP contribution in [-0.4, -0.2) is 75.7 Å². The van der Waals surface area contributed by atoms with Gasteiger partial charge in [0.15, 0.2) is 0 Å². The molecule has 3 unspecified atom stereocenters. The summed E-state index contributed by atoms with van der Waals surface area (Å²) in [6, 6.07) is 8.51. The Morgan fingerprint density at radius 2 is 1.24 bits per heavy atom. The molecule has 0 spiro atoms. The minimum Gasteiger partial charge on any atom is -0.508 e. The number of carboxylic acid groups (broad SMARTS) is 1. The molecule has 0 aliphatic heterocycles. The molecule has 0 saturated heterocycles. The minimum absolute atomic E-state index is 0.00346. The molecule has 12 heteroatoms. The van der Waals surface area contributed by atoms with Crippen molar-refractivity contribution in [2.75, 3.05) is 18.6 Å². The van der Waals surface area contributed by atoms with Crippen LogP contribution in [0.2, 0.25) is 0 Å². The van der Waals surface area contributed by atoms with Gasteiger partial charge in [-0.1, -0.05) is 24.3 Å². The lowest BCUT2D eigenvalue weighted by molar-refractivity contribution is -0.142. The van der Waals surface area contributed by atoms with Crippen molar-refractivity contribution in [1.82, 2.24) is 16.0 Å². The van der Waals surface area contributed by atoms with E-state index in [1.54, 1.807) is 24.3 Å². The number of aromatic hydroxyl groups is 2. The Morgan fingerprint density at radius 3 is 1.70 bits per heavy atom. The fraction of sp³-hybridized carbons (Fsp3) is 0.360. The van der Waals surface area contributed by atoms with E-state index in [1.165, 1.54) is 36.0 Å². The topological polar surface area (TPSA) is 191 Å². The summed E-state index contributed by atoms with van der Waals surface area (Å²) in [5, 5.41) is 36.4. The van der Waals surface area contributed by atoms with Crippen molar-refractivity contribution in [1.29, 1.82) is 0 Å². The van der Waals surface area contributed by atoms with Gasteiger partial charge in [-0.3, -0.25) is 14.4 Å². The van der Waals surface area contributed by atoms with Crippen molar-refractivity contribution in [2.24, 2.45) is 5.73 Å². The van der Waals surface area contributed by atoms with Gasteiger partial charge in [-0.05, 0) is 53.8 Å². The molecule has 8 N–H and O–H groups in total. The number of hydrogen-bond donors (Lipinski definition) is 7. The maximum Gasteiger partial charge on any atom is 0.326 e. The molecular weight excluding hydrogens is 500 g/mol. The summed E-state index contributed by atoms with van der Waals surface area (Å²) >= 11 is 1.48. The molecule has 0 radical (unpaired) electrons. The third-order valence-electron chi connectivity index (χ3n) is 5.45. The molecule has 37 heavy (non-hydrogen) atoms. The van der Waals surface area contributed by atoms with E-state index in [9.17, 15) is 34.5 Å². The number of hydrogen-bond acceptors (Lipinski definition) is 8. The Bertz CT molecular complexity index is 1060. The molecule has 0 aliphatic carbocycles. The number of nitrogens with two attached hydrogens (primary N) is 1. The Kier molecular flexibility index (Phi) is 11.7. The maximum absolute atomic E-state index is 13.2. The van der Waals surface area contributed by atoms with Gasteiger partial charge >= 0.3 is 5.97 Å². The van der Waals surface area contributed by atoms with E-state index in [0.29, 0.717) is 23.3 Å². The van der Waals surface area contributed by atoms with Crippen LogP contribution in [-0.2, 0) is 32.0 Å². The summed E-state index contributed by atoms with van der Waals surface area (Å²) in [6.07, 6.45) is 2.10. The monoisotopic (exact) mass is 532 g/mol. The van der Waals surface area contributed by atoms with E-state index in [1.807, 2.05) is 6.26 Å². The van der Waals surface area contributed by atoms with Gasteiger partial charge in [-0.15, -0.1) is 0 Å². The van der Waals surface area contributed by atoms with Gasteiger partial charge in [0.1, 0.15) is 29.6 Å². The molecule has 200 valence electrons. The molecule has 0 aromatic heterocycles. The van der Waals surface area contributed by atoms with Gasteiger partial charge in [-0.25, -0.2) is 4.79 Å². The van der Waals surface area contributed by atoms with Gasteiger partial charge in [-0.2, -0.15) is 11.8 Å². The molecule has 0 fully saturated rings. The van der Waals surface area contributed by atoms with Crippen molar-refractivity contribution in [3.63, 3.8) is 0 Å². The maximum atomic E-state index is 13.2. The number of phenolic OH excluding ortho intramolecular Hbond substituents is 2. The van der Waals surface area contributed by atoms with Crippen LogP contribution >= 0.6 is 11.8 Å². The Morgan fingerprint density at radius 1 is 0.784 bits per heavy atom. The van der Waals surface area contributed by atoms with Crippen LogP contribution in [0.3, 0.4) is 0 Å². The summed E-state index contributed by atoms with van der Waals surface area (Å²) in [7, 11) is 0. The van der Waals surface area contributed by atoms with Crippen LogP contribution in [0.25, 0.3) is 0 Å². The highest BCUT2D eigenvalue weighted by molar-refractivity contribution is 7.98. The minimum atomic E-state index is -1.31. The lowest BCUT2D eigenvalue weighted by atomic mass is 10.0. The standard InChI is InChI=1S/C25H32N4O7S/c1-37-11-10-19(27-22(32)14-26)23(33)28-20(12-15-2-6-17(30)7-3-15)24(34)29-21(25(35)36)13-16-4-8-18(31)9-5-16/h2-9,19-21,30-31H,10-14,26H2,1H3,(H,27,32)(H,28,33)(H,29,34)(H,35,36). The molecule has 3 atom stereocenters. The Balaban J connectivity index is 2.24. The van der Waals surface area contributed by atoms with Crippen LogP contribution in [0, 0.1) is 0 Å². The number of carboxylic acids is 1. The third-order valence-corrected chi connectivity index (χ3v) is 6.09. The van der Waals surface area contributed by atoms with Gasteiger partial charge in [0.2, 0.25) is 17.7 Å². The van der Waals surface area contributed by atoms with E-state index in [2.05, 4.69) is 16.0 Å². The molecule has 2 rings (SSSR count). The molecule has 0 bridgehead atoms. The molecule has 2 aromatic rings. The first kappa shape index (κ1) is 29.5. The zero-order valence-corrected chi connectivity index (χ0v) is 21.2. The van der Waals surface area contributed by atoms with Crippen LogP contribution in [0.4, 0.5) is 0 Å². The van der Waals surface area contributed by atoms with E-state index in [-0.39, 0.29) is 30.9 Å². The predicted octanol–water partition coefficient (Wildman–Crippen LogP) is 0.134. The highest BCUT2D eigenvalue weighted by Gasteiger charge is 2.29. The van der Waals surface area contributed by atoms with Crippen molar-refractivity contribution in [3.05, 3.63) is 59.7 Å². The zero-order chi connectivity index (χ0) is 27.4. The van der Waals surface area contributed by atoms with Crippen LogP contribution in [0.1, 0.15) is 17.5 Å². The molecule has 11 nitrogen and oxygen atoms in total. The summed E-state index contributed by atoms with van der Waals surface area (Å²) in [5.41, 5.74) is 6.55. The summed E-state index contributed by atoms with van der Waals surface area (Å²) in [4.78, 5) is 50.0. The number of nitrogens with one attached hydrogen (secondary N) is 3. The number of benzene rings is 2. The van der Waals surface area contributed by atoms with E-state index in [0.717, 1.165) is 0 Å². The average Bonchev–Trinajstić information content (AvgIpc) is 2.87. The van der Waals surface area contributed by atoms with E-state index >= 15 is 0 Å². The van der Waals surface area contributed by atoms with E-state index < -0.39 is 41.8 Å². The van der Waals surface area contributed by atoms with Gasteiger partial charge in [0.05, 0.1) is 6.54 Å². The quantitative estimate of drug-likeness (QED) is 0.177. The summed E-state index contributed by atoms with van der Waals surface area (Å²) < 4.78 is 0. The second-order valence-electron chi connectivity index (χ2n) is 8.31. The first-order valence-corrected chi connectivity index (χ1v) is 12.9. The van der Waals surface area contributed by atoms with Crippen molar-refractivity contribution >= 4 is 35.5 Å². The van der Waals surface area contributed by atoms with Crippen molar-refractivity contribution in [3.8, 4) is 11.5 Å². The third kappa shape index (κ3) is 10.0. The Hall–Kier alpha value is -3.77. The van der Waals surface area contributed by atoms with Crippen LogP contribution < -0.4 is 21.7 Å². The summed E-state index contributed by atoms with van der Waals surface area (Å²) in [5.74, 6) is -2.54. The number of thioether (sulfide) groups is 1.